The van der Waals surface area contributed by atoms with Crippen LogP contribution in [0.2, 0.25) is 0 Å². The van der Waals surface area contributed by atoms with Gasteiger partial charge in [-0.05, 0) is 40.3 Å². The van der Waals surface area contributed by atoms with Crippen molar-refractivity contribution in [3.8, 4) is 22.5 Å². The molecule has 0 aliphatic carbocycles. The van der Waals surface area contributed by atoms with Crippen LogP contribution in [-0.2, 0) is 6.54 Å². The van der Waals surface area contributed by atoms with E-state index in [0.29, 0.717) is 22.8 Å². The zero-order chi connectivity index (χ0) is 22.2. The van der Waals surface area contributed by atoms with Crippen molar-refractivity contribution < 1.29 is 9.90 Å². The molecule has 5 aromatic rings. The molecule has 0 saturated carbocycles. The number of fused-ring (bicyclic) bond motifs is 1. The number of hydrogen-bond donors (Lipinski definition) is 2. The van der Waals surface area contributed by atoms with Crippen molar-refractivity contribution in [2.24, 2.45) is 0 Å². The van der Waals surface area contributed by atoms with Crippen molar-refractivity contribution in [2.45, 2.75) is 18.6 Å². The fourth-order valence-electron chi connectivity index (χ4n) is 3.79. The monoisotopic (exact) mass is 462 g/mol. The van der Waals surface area contributed by atoms with E-state index in [4.69, 9.17) is 0 Å². The van der Waals surface area contributed by atoms with E-state index in [2.05, 4.69) is 49.9 Å². The first-order valence-corrected chi connectivity index (χ1v) is 11.8. The number of H-pyrrole nitrogens is 1. The number of aryl methyl sites for hydroxylation is 1. The number of hydrogen-bond acceptors (Lipinski definition) is 7. The standard InChI is InChI=1S/C22H18N6O2S2/c1-12-17-18(19(32-12)21(29)30)28(22(23-17)31-2)11-13-7-9-14(10-8-13)15-5-3-4-6-16(15)20-24-26-27-25-20/h3-10H,11H2,1-2H3,(H,29,30)(H,24,25,26,27). The normalized spacial score (nSPS) is 11.3. The van der Waals surface area contributed by atoms with Gasteiger partial charge in [0.1, 0.15) is 10.4 Å². The number of aromatic carboxylic acids is 1. The van der Waals surface area contributed by atoms with Gasteiger partial charge in [-0.3, -0.25) is 0 Å². The van der Waals surface area contributed by atoms with Crippen LogP contribution in [0.4, 0.5) is 0 Å². The molecule has 160 valence electrons. The Morgan fingerprint density at radius 3 is 2.56 bits per heavy atom. The highest BCUT2D eigenvalue weighted by Gasteiger charge is 2.22. The van der Waals surface area contributed by atoms with Crippen LogP contribution >= 0.6 is 23.1 Å². The average molecular weight is 463 g/mol. The quantitative estimate of drug-likeness (QED) is 0.351. The van der Waals surface area contributed by atoms with Crippen molar-refractivity contribution >= 4 is 40.1 Å². The van der Waals surface area contributed by atoms with Crippen LogP contribution < -0.4 is 0 Å². The lowest BCUT2D eigenvalue weighted by Crippen LogP contribution is -2.04. The predicted molar refractivity (Wildman–Crippen MR) is 125 cm³/mol. The first kappa shape index (κ1) is 20.4. The molecule has 5 rings (SSSR count). The number of carboxylic acid groups (broad SMARTS) is 1. The number of carboxylic acids is 1. The molecule has 0 spiro atoms. The molecule has 0 bridgehead atoms. The summed E-state index contributed by atoms with van der Waals surface area (Å²) in [5, 5.41) is 24.7. The number of thioether (sulfide) groups is 1. The highest BCUT2D eigenvalue weighted by atomic mass is 32.2. The summed E-state index contributed by atoms with van der Waals surface area (Å²) < 4.78 is 2.00. The predicted octanol–water partition coefficient (Wildman–Crippen LogP) is 4.72. The molecular weight excluding hydrogens is 444 g/mol. The molecule has 2 aromatic carbocycles. The van der Waals surface area contributed by atoms with Crippen LogP contribution in [-0.4, -0.2) is 47.5 Å². The van der Waals surface area contributed by atoms with Crippen LogP contribution in [0.25, 0.3) is 33.5 Å². The minimum absolute atomic E-state index is 0.330. The van der Waals surface area contributed by atoms with Gasteiger partial charge in [0.25, 0.3) is 0 Å². The number of benzene rings is 2. The molecule has 10 heteroatoms. The second-order valence-electron chi connectivity index (χ2n) is 7.17. The van der Waals surface area contributed by atoms with Gasteiger partial charge in [-0.1, -0.05) is 60.3 Å². The van der Waals surface area contributed by atoms with E-state index >= 15 is 0 Å². The molecule has 3 heterocycles. The summed E-state index contributed by atoms with van der Waals surface area (Å²) in [7, 11) is 0. The van der Waals surface area contributed by atoms with Gasteiger partial charge in [-0.15, -0.1) is 16.4 Å². The number of tetrazole rings is 1. The third-order valence-electron chi connectivity index (χ3n) is 5.25. The van der Waals surface area contributed by atoms with Crippen molar-refractivity contribution in [3.05, 3.63) is 63.8 Å². The Hall–Kier alpha value is -3.50. The Morgan fingerprint density at radius 1 is 1.16 bits per heavy atom. The second-order valence-corrected chi connectivity index (χ2v) is 9.16. The van der Waals surface area contributed by atoms with Crippen LogP contribution in [0.1, 0.15) is 20.1 Å². The fraction of sp³-hybridized carbons (Fsp3) is 0.136. The lowest BCUT2D eigenvalue weighted by atomic mass is 9.98. The SMILES string of the molecule is CSc1nc2c(C)sc(C(=O)O)c2n1Cc1ccc(-c2ccccc2-c2nnn[nH]2)cc1. The minimum Gasteiger partial charge on any atom is -0.477 e. The zero-order valence-electron chi connectivity index (χ0n) is 17.2. The fourth-order valence-corrected chi connectivity index (χ4v) is 5.29. The number of imidazole rings is 1. The maximum Gasteiger partial charge on any atom is 0.348 e. The van der Waals surface area contributed by atoms with Gasteiger partial charge in [0, 0.05) is 10.4 Å². The molecule has 0 saturated heterocycles. The van der Waals surface area contributed by atoms with Gasteiger partial charge in [-0.2, -0.15) is 0 Å². The number of nitrogens with one attached hydrogen (secondary N) is 1. The van der Waals surface area contributed by atoms with E-state index in [0.717, 1.165) is 37.8 Å². The summed E-state index contributed by atoms with van der Waals surface area (Å²) >= 11 is 2.79. The molecule has 0 amide bonds. The molecule has 32 heavy (non-hydrogen) atoms. The van der Waals surface area contributed by atoms with Crippen molar-refractivity contribution in [1.29, 1.82) is 0 Å². The van der Waals surface area contributed by atoms with E-state index in [-0.39, 0.29) is 0 Å². The highest BCUT2D eigenvalue weighted by Crippen LogP contribution is 2.35. The third-order valence-corrected chi connectivity index (χ3v) is 6.99. The highest BCUT2D eigenvalue weighted by molar-refractivity contribution is 7.98. The van der Waals surface area contributed by atoms with Crippen LogP contribution in [0.3, 0.4) is 0 Å². The number of aromatic nitrogens is 6. The van der Waals surface area contributed by atoms with Crippen molar-refractivity contribution in [3.63, 3.8) is 0 Å². The molecule has 0 unspecified atom stereocenters. The van der Waals surface area contributed by atoms with E-state index < -0.39 is 5.97 Å². The molecule has 8 nitrogen and oxygen atoms in total. The second kappa shape index (κ2) is 8.21. The Morgan fingerprint density at radius 2 is 1.91 bits per heavy atom. The van der Waals surface area contributed by atoms with Gasteiger partial charge in [0.05, 0.1) is 12.1 Å². The Bertz CT molecular complexity index is 1420. The largest absolute Gasteiger partial charge is 0.477 e. The number of aromatic amines is 1. The molecule has 0 aliphatic rings. The average Bonchev–Trinajstić information content (AvgIpc) is 3.53. The van der Waals surface area contributed by atoms with Crippen LogP contribution in [0.5, 0.6) is 0 Å². The molecule has 2 N–H and O–H groups in total. The molecule has 0 radical (unpaired) electrons. The Balaban J connectivity index is 1.52. The molecule has 0 atom stereocenters. The summed E-state index contributed by atoms with van der Waals surface area (Å²) in [5.74, 6) is -0.306. The lowest BCUT2D eigenvalue weighted by Gasteiger charge is -2.11. The van der Waals surface area contributed by atoms with Crippen LogP contribution in [0, 0.1) is 6.92 Å². The first-order chi connectivity index (χ1) is 15.6. The molecule has 0 fully saturated rings. The smallest absolute Gasteiger partial charge is 0.348 e. The van der Waals surface area contributed by atoms with E-state index in [1.54, 1.807) is 0 Å². The van der Waals surface area contributed by atoms with Gasteiger partial charge >= 0.3 is 5.97 Å². The van der Waals surface area contributed by atoms with Gasteiger partial charge in [-0.25, -0.2) is 14.9 Å². The number of thiophene rings is 1. The maximum absolute atomic E-state index is 11.8. The van der Waals surface area contributed by atoms with Gasteiger partial charge < -0.3 is 9.67 Å². The summed E-state index contributed by atoms with van der Waals surface area (Å²) in [6.07, 6.45) is 1.95. The molecule has 0 aliphatic heterocycles. The molecule has 3 aromatic heterocycles. The Kier molecular flexibility index (Phi) is 5.24. The minimum atomic E-state index is -0.921. The van der Waals surface area contributed by atoms with Gasteiger partial charge in [0.15, 0.2) is 11.0 Å². The molecular formula is C22H18N6O2S2. The summed E-state index contributed by atoms with van der Waals surface area (Å²) in [6, 6.07) is 16.2. The number of carbonyl (C=O) groups is 1. The summed E-state index contributed by atoms with van der Waals surface area (Å²) in [6.45, 7) is 2.45. The van der Waals surface area contributed by atoms with E-state index in [1.807, 2.05) is 42.0 Å². The topological polar surface area (TPSA) is 110 Å². The summed E-state index contributed by atoms with van der Waals surface area (Å²) in [5.41, 5.74) is 5.50. The van der Waals surface area contributed by atoms with Crippen molar-refractivity contribution in [2.75, 3.05) is 6.26 Å². The van der Waals surface area contributed by atoms with Crippen molar-refractivity contribution in [1.82, 2.24) is 30.2 Å². The number of nitrogens with zero attached hydrogens (tertiary/aromatic N) is 5. The van der Waals surface area contributed by atoms with Crippen LogP contribution in [0.15, 0.2) is 53.7 Å². The number of rotatable bonds is 6. The summed E-state index contributed by atoms with van der Waals surface area (Å²) in [4.78, 5) is 17.7. The first-order valence-electron chi connectivity index (χ1n) is 9.76. The van der Waals surface area contributed by atoms with Gasteiger partial charge in [0.2, 0.25) is 0 Å². The van der Waals surface area contributed by atoms with E-state index in [9.17, 15) is 9.90 Å². The Labute approximate surface area is 191 Å². The third kappa shape index (κ3) is 3.47. The maximum atomic E-state index is 11.8. The zero-order valence-corrected chi connectivity index (χ0v) is 18.9. The van der Waals surface area contributed by atoms with E-state index in [1.165, 1.54) is 23.1 Å². The lowest BCUT2D eigenvalue weighted by molar-refractivity contribution is 0.0703.